The second-order valence-corrected chi connectivity index (χ2v) is 3.81. The minimum Gasteiger partial charge on any atom is -0.432 e. The number of hydrogen-bond acceptors (Lipinski definition) is 2. The van der Waals surface area contributed by atoms with Gasteiger partial charge in [-0.3, -0.25) is 0 Å². The lowest BCUT2D eigenvalue weighted by Gasteiger charge is -2.10. The molecule has 0 aliphatic rings. The molecule has 0 aliphatic carbocycles. The van der Waals surface area contributed by atoms with Gasteiger partial charge in [-0.1, -0.05) is 0 Å². The van der Waals surface area contributed by atoms with Gasteiger partial charge in [0.25, 0.3) is 0 Å². The molecule has 1 aromatic carbocycles. The second-order valence-electron chi connectivity index (χ2n) is 2.16. The van der Waals surface area contributed by atoms with Gasteiger partial charge in [0.15, 0.2) is 5.75 Å². The summed E-state index contributed by atoms with van der Waals surface area (Å²) in [6.07, 6.45) is 0. The summed E-state index contributed by atoms with van der Waals surface area (Å²) in [6.45, 7) is -2.87. The van der Waals surface area contributed by atoms with Gasteiger partial charge in [-0.05, 0) is 44.0 Å². The molecule has 0 amide bonds. The van der Waals surface area contributed by atoms with Crippen LogP contribution in [-0.4, -0.2) is 6.61 Å². The Hall–Kier alpha value is -0.360. The molecule has 13 heavy (non-hydrogen) atoms. The largest absolute Gasteiger partial charge is 0.432 e. The van der Waals surface area contributed by atoms with Gasteiger partial charge in [0.2, 0.25) is 0 Å². The summed E-state index contributed by atoms with van der Waals surface area (Å²) in [7, 11) is 0. The molecule has 0 aromatic heterocycles. The molecule has 0 atom stereocenters. The molecular weight excluding hydrogens is 312 g/mol. The van der Waals surface area contributed by atoms with E-state index in [0.717, 1.165) is 0 Å². The van der Waals surface area contributed by atoms with Gasteiger partial charge >= 0.3 is 6.61 Å². The SMILES string of the molecule is Nc1ccc(Br)c(OC(F)F)c1Br. The van der Waals surface area contributed by atoms with Crippen LogP contribution in [-0.2, 0) is 0 Å². The zero-order valence-electron chi connectivity index (χ0n) is 6.23. The Morgan fingerprint density at radius 3 is 2.46 bits per heavy atom. The van der Waals surface area contributed by atoms with E-state index < -0.39 is 6.61 Å². The fourth-order valence-electron chi connectivity index (χ4n) is 0.745. The second kappa shape index (κ2) is 4.23. The average molecular weight is 317 g/mol. The van der Waals surface area contributed by atoms with Crippen LogP contribution >= 0.6 is 31.9 Å². The first-order valence-electron chi connectivity index (χ1n) is 3.20. The summed E-state index contributed by atoms with van der Waals surface area (Å²) in [5.74, 6) is 0.00926. The minimum atomic E-state index is -2.87. The van der Waals surface area contributed by atoms with Crippen LogP contribution in [0.5, 0.6) is 5.75 Å². The van der Waals surface area contributed by atoms with Crippen LogP contribution in [0.1, 0.15) is 0 Å². The summed E-state index contributed by atoms with van der Waals surface area (Å²) < 4.78 is 28.8. The Morgan fingerprint density at radius 2 is 1.92 bits per heavy atom. The van der Waals surface area contributed by atoms with Crippen molar-refractivity contribution in [2.24, 2.45) is 0 Å². The minimum absolute atomic E-state index is 0.00926. The van der Waals surface area contributed by atoms with Crippen molar-refractivity contribution in [1.29, 1.82) is 0 Å². The number of nitrogens with two attached hydrogens (primary N) is 1. The summed E-state index contributed by atoms with van der Waals surface area (Å²) in [5.41, 5.74) is 5.82. The molecule has 0 unspecified atom stereocenters. The van der Waals surface area contributed by atoms with Gasteiger partial charge in [0.1, 0.15) is 0 Å². The fourth-order valence-corrected chi connectivity index (χ4v) is 1.87. The highest BCUT2D eigenvalue weighted by Gasteiger charge is 2.13. The number of halogens is 4. The molecule has 0 aliphatic heterocycles. The third kappa shape index (κ3) is 2.54. The van der Waals surface area contributed by atoms with Crippen molar-refractivity contribution in [3.63, 3.8) is 0 Å². The molecule has 0 saturated carbocycles. The molecule has 0 radical (unpaired) electrons. The molecule has 72 valence electrons. The van der Waals surface area contributed by atoms with E-state index in [1.165, 1.54) is 6.07 Å². The van der Waals surface area contributed by atoms with Crippen molar-refractivity contribution in [2.75, 3.05) is 5.73 Å². The molecule has 0 saturated heterocycles. The maximum atomic E-state index is 11.9. The lowest BCUT2D eigenvalue weighted by molar-refractivity contribution is -0.0508. The Kier molecular flexibility index (Phi) is 3.49. The smallest absolute Gasteiger partial charge is 0.387 e. The first kappa shape index (κ1) is 10.7. The van der Waals surface area contributed by atoms with Crippen LogP contribution in [0.25, 0.3) is 0 Å². The monoisotopic (exact) mass is 315 g/mol. The number of anilines is 1. The molecule has 1 aromatic rings. The first-order chi connectivity index (χ1) is 6.02. The molecule has 1 rings (SSSR count). The number of nitrogen functional groups attached to an aromatic ring is 1. The van der Waals surface area contributed by atoms with Crippen molar-refractivity contribution in [3.05, 3.63) is 21.1 Å². The third-order valence-corrected chi connectivity index (χ3v) is 2.73. The topological polar surface area (TPSA) is 35.2 Å². The zero-order valence-corrected chi connectivity index (χ0v) is 9.40. The van der Waals surface area contributed by atoms with E-state index in [1.54, 1.807) is 6.07 Å². The van der Waals surface area contributed by atoms with Crippen molar-refractivity contribution >= 4 is 37.5 Å². The van der Waals surface area contributed by atoms with E-state index in [4.69, 9.17) is 5.73 Å². The van der Waals surface area contributed by atoms with E-state index in [-0.39, 0.29) is 5.75 Å². The summed E-state index contributed by atoms with van der Waals surface area (Å²) in [5, 5.41) is 0. The van der Waals surface area contributed by atoms with E-state index in [9.17, 15) is 8.78 Å². The molecular formula is C7H5Br2F2NO. The summed E-state index contributed by atoms with van der Waals surface area (Å²) >= 11 is 6.11. The van der Waals surface area contributed by atoms with Crippen molar-refractivity contribution in [2.45, 2.75) is 6.61 Å². The average Bonchev–Trinajstić information content (AvgIpc) is 2.05. The Labute approximate surface area is 90.3 Å². The van der Waals surface area contributed by atoms with E-state index in [0.29, 0.717) is 14.6 Å². The lowest BCUT2D eigenvalue weighted by atomic mass is 10.3. The number of alkyl halides is 2. The number of hydrogen-bond donors (Lipinski definition) is 1. The molecule has 2 nitrogen and oxygen atoms in total. The van der Waals surface area contributed by atoms with Gasteiger partial charge in [-0.2, -0.15) is 8.78 Å². The number of rotatable bonds is 2. The predicted octanol–water partition coefficient (Wildman–Crippen LogP) is 3.40. The number of ether oxygens (including phenoxy) is 1. The highest BCUT2D eigenvalue weighted by atomic mass is 79.9. The molecule has 0 spiro atoms. The maximum Gasteiger partial charge on any atom is 0.387 e. The Bertz CT molecular complexity index is 320. The fraction of sp³-hybridized carbons (Fsp3) is 0.143. The highest BCUT2D eigenvalue weighted by molar-refractivity contribution is 9.11. The first-order valence-corrected chi connectivity index (χ1v) is 4.79. The summed E-state index contributed by atoms with van der Waals surface area (Å²) in [6, 6.07) is 3.12. The van der Waals surface area contributed by atoms with Gasteiger partial charge in [-0.25, -0.2) is 0 Å². The predicted molar refractivity (Wildman–Crippen MR) is 52.9 cm³/mol. The quantitative estimate of drug-likeness (QED) is 0.849. The lowest BCUT2D eigenvalue weighted by Crippen LogP contribution is -2.04. The van der Waals surface area contributed by atoms with Crippen molar-refractivity contribution in [3.8, 4) is 5.75 Å². The van der Waals surface area contributed by atoms with Crippen molar-refractivity contribution in [1.82, 2.24) is 0 Å². The third-order valence-electron chi connectivity index (χ3n) is 1.29. The molecule has 0 heterocycles. The van der Waals surface area contributed by atoms with Crippen molar-refractivity contribution < 1.29 is 13.5 Å². The normalized spacial score (nSPS) is 10.5. The Balaban J connectivity index is 3.10. The van der Waals surface area contributed by atoms with E-state index in [2.05, 4.69) is 36.6 Å². The van der Waals surface area contributed by atoms with Crippen LogP contribution < -0.4 is 10.5 Å². The van der Waals surface area contributed by atoms with Crippen LogP contribution in [0, 0.1) is 0 Å². The standard InChI is InChI=1S/C7H5Br2F2NO/c8-3-1-2-4(12)5(9)6(3)13-7(10)11/h1-2,7H,12H2. The molecule has 6 heteroatoms. The van der Waals surface area contributed by atoms with Crippen LogP contribution in [0.4, 0.5) is 14.5 Å². The number of benzene rings is 1. The molecule has 2 N–H and O–H groups in total. The maximum absolute atomic E-state index is 11.9. The van der Waals surface area contributed by atoms with Crippen LogP contribution in [0.15, 0.2) is 21.1 Å². The zero-order chi connectivity index (χ0) is 10.0. The van der Waals surface area contributed by atoms with E-state index in [1.807, 2.05) is 0 Å². The van der Waals surface area contributed by atoms with Gasteiger partial charge in [-0.15, -0.1) is 0 Å². The van der Waals surface area contributed by atoms with Crippen LogP contribution in [0.2, 0.25) is 0 Å². The van der Waals surface area contributed by atoms with E-state index >= 15 is 0 Å². The summed E-state index contributed by atoms with van der Waals surface area (Å²) in [4.78, 5) is 0. The molecule has 0 bridgehead atoms. The van der Waals surface area contributed by atoms with Gasteiger partial charge in [0.05, 0.1) is 8.95 Å². The van der Waals surface area contributed by atoms with Crippen LogP contribution in [0.3, 0.4) is 0 Å². The molecule has 0 fully saturated rings. The van der Waals surface area contributed by atoms with Gasteiger partial charge in [0, 0.05) is 5.69 Å². The Morgan fingerprint density at radius 1 is 1.31 bits per heavy atom. The highest BCUT2D eigenvalue weighted by Crippen LogP contribution is 2.38. The van der Waals surface area contributed by atoms with Gasteiger partial charge < -0.3 is 10.5 Å².